The number of nitrogens with zero attached hydrogens (tertiary/aromatic N) is 3. The van der Waals surface area contributed by atoms with E-state index in [1.807, 2.05) is 23.6 Å². The number of rotatable bonds is 8. The quantitative estimate of drug-likeness (QED) is 0.455. The summed E-state index contributed by atoms with van der Waals surface area (Å²) in [6.07, 6.45) is 7.09. The molecule has 0 aliphatic rings. The van der Waals surface area contributed by atoms with E-state index in [0.29, 0.717) is 12.4 Å². The first kappa shape index (κ1) is 21.8. The molecule has 1 aromatic carbocycles. The van der Waals surface area contributed by atoms with Gasteiger partial charge in [-0.2, -0.15) is 0 Å². The van der Waals surface area contributed by atoms with Gasteiger partial charge in [0.15, 0.2) is 17.2 Å². The van der Waals surface area contributed by atoms with Crippen LogP contribution >= 0.6 is 11.3 Å². The summed E-state index contributed by atoms with van der Waals surface area (Å²) in [5.74, 6) is 7.82. The van der Waals surface area contributed by atoms with Gasteiger partial charge in [-0.25, -0.2) is 9.97 Å². The van der Waals surface area contributed by atoms with Gasteiger partial charge >= 0.3 is 0 Å². The van der Waals surface area contributed by atoms with Crippen LogP contribution in [0.5, 0.6) is 5.75 Å². The Balaban J connectivity index is 1.49. The molecule has 0 fully saturated rings. The summed E-state index contributed by atoms with van der Waals surface area (Å²) < 4.78 is 11.2. The van der Waals surface area contributed by atoms with Gasteiger partial charge in [-0.1, -0.05) is 30.0 Å². The monoisotopic (exact) mass is 421 g/mol. The van der Waals surface area contributed by atoms with Crippen LogP contribution in [0, 0.1) is 17.3 Å². The Morgan fingerprint density at radius 2 is 2.17 bits per heavy atom. The highest BCUT2D eigenvalue weighted by Gasteiger charge is 2.08. The van der Waals surface area contributed by atoms with E-state index in [2.05, 4.69) is 72.7 Å². The van der Waals surface area contributed by atoms with Crippen LogP contribution in [0.25, 0.3) is 10.8 Å². The molecule has 0 saturated carbocycles. The van der Waals surface area contributed by atoms with Gasteiger partial charge < -0.3 is 9.15 Å². The molecule has 0 aliphatic carbocycles. The Morgan fingerprint density at radius 3 is 2.93 bits per heavy atom. The molecule has 3 aromatic rings. The third kappa shape index (κ3) is 7.18. The lowest BCUT2D eigenvalue weighted by Gasteiger charge is -2.15. The predicted molar refractivity (Wildman–Crippen MR) is 121 cm³/mol. The number of hydrogen-bond acceptors (Lipinski definition) is 6. The van der Waals surface area contributed by atoms with Crippen molar-refractivity contribution in [3.8, 4) is 28.4 Å². The summed E-state index contributed by atoms with van der Waals surface area (Å²) in [5, 5.41) is 2.78. The van der Waals surface area contributed by atoms with Crippen molar-refractivity contribution < 1.29 is 9.15 Å². The van der Waals surface area contributed by atoms with Crippen LogP contribution in [0.3, 0.4) is 0 Å². The second-order valence-corrected chi connectivity index (χ2v) is 8.92. The lowest BCUT2D eigenvalue weighted by atomic mass is 9.98. The molecular weight excluding hydrogens is 394 g/mol. The summed E-state index contributed by atoms with van der Waals surface area (Å²) in [5.41, 5.74) is 2.10. The van der Waals surface area contributed by atoms with E-state index in [9.17, 15) is 0 Å². The van der Waals surface area contributed by atoms with E-state index in [1.165, 1.54) is 23.3 Å². The fraction of sp³-hybridized carbons (Fsp3) is 0.333. The Labute approximate surface area is 182 Å². The van der Waals surface area contributed by atoms with Crippen molar-refractivity contribution in [2.75, 3.05) is 13.6 Å². The van der Waals surface area contributed by atoms with Gasteiger partial charge in [0.05, 0.1) is 11.9 Å². The van der Waals surface area contributed by atoms with Gasteiger partial charge in [-0.15, -0.1) is 11.3 Å². The number of thiazole rings is 1. The minimum absolute atomic E-state index is 0.0345. The molecule has 30 heavy (non-hydrogen) atoms. The Hall–Kier alpha value is -2.88. The number of allylic oxidation sites excluding steroid dienone is 1. The fourth-order valence-corrected chi connectivity index (χ4v) is 3.38. The molecule has 0 radical (unpaired) electrons. The highest BCUT2D eigenvalue weighted by Crippen LogP contribution is 2.24. The molecule has 0 amide bonds. The largest absolute Gasteiger partial charge is 0.487 e. The fourth-order valence-electron chi connectivity index (χ4n) is 2.62. The maximum atomic E-state index is 5.94. The third-order valence-corrected chi connectivity index (χ3v) is 4.90. The molecule has 156 valence electrons. The average Bonchev–Trinajstić information content (AvgIpc) is 3.37. The summed E-state index contributed by atoms with van der Waals surface area (Å²) >= 11 is 1.52. The minimum Gasteiger partial charge on any atom is -0.487 e. The second kappa shape index (κ2) is 10.2. The third-order valence-electron chi connectivity index (χ3n) is 4.00. The first-order valence-corrected chi connectivity index (χ1v) is 10.7. The lowest BCUT2D eigenvalue weighted by molar-refractivity contribution is 0.300. The Morgan fingerprint density at radius 1 is 1.30 bits per heavy atom. The van der Waals surface area contributed by atoms with Crippen molar-refractivity contribution in [2.45, 2.75) is 33.9 Å². The van der Waals surface area contributed by atoms with Gasteiger partial charge in [0.1, 0.15) is 12.4 Å². The molecule has 0 aliphatic heterocycles. The van der Waals surface area contributed by atoms with Crippen LogP contribution in [-0.2, 0) is 13.2 Å². The zero-order valence-corrected chi connectivity index (χ0v) is 18.7. The second-order valence-electron chi connectivity index (χ2n) is 8.06. The summed E-state index contributed by atoms with van der Waals surface area (Å²) in [4.78, 5) is 10.7. The van der Waals surface area contributed by atoms with E-state index in [1.54, 1.807) is 6.20 Å². The van der Waals surface area contributed by atoms with Crippen LogP contribution in [0.2, 0.25) is 0 Å². The normalized spacial score (nSPS) is 11.6. The maximum absolute atomic E-state index is 5.94. The Kier molecular flexibility index (Phi) is 7.45. The molecule has 5 nitrogen and oxygen atoms in total. The molecule has 6 heteroatoms. The van der Waals surface area contributed by atoms with Crippen molar-refractivity contribution >= 4 is 11.3 Å². The number of oxazole rings is 1. The molecule has 0 unspecified atom stereocenters. The van der Waals surface area contributed by atoms with Crippen molar-refractivity contribution in [1.29, 1.82) is 0 Å². The molecule has 2 heterocycles. The van der Waals surface area contributed by atoms with Gasteiger partial charge in [0.2, 0.25) is 0 Å². The number of hydrogen-bond donors (Lipinski definition) is 0. The number of aromatic nitrogens is 2. The van der Waals surface area contributed by atoms with Gasteiger partial charge in [0, 0.05) is 23.9 Å². The van der Waals surface area contributed by atoms with Crippen molar-refractivity contribution in [3.63, 3.8) is 0 Å². The first-order valence-electron chi connectivity index (χ1n) is 9.80. The van der Waals surface area contributed by atoms with Gasteiger partial charge in [-0.3, -0.25) is 4.90 Å². The minimum atomic E-state index is 0.0345. The summed E-state index contributed by atoms with van der Waals surface area (Å²) in [7, 11) is 2.09. The highest BCUT2D eigenvalue weighted by molar-refractivity contribution is 7.13. The lowest BCUT2D eigenvalue weighted by Crippen LogP contribution is -2.17. The van der Waals surface area contributed by atoms with Crippen molar-refractivity contribution in [3.05, 3.63) is 65.6 Å². The molecule has 0 spiro atoms. The smallest absolute Gasteiger partial charge is 0.182 e. The molecule has 0 atom stereocenters. The standard InChI is InChI=1S/C24H27N3O2S/c1-24(2,3)11-6-5-7-12-27(4)15-19-9-8-10-21(13-19)28-16-20-17-30-23(26-20)22-14-25-18-29-22/h5,7-10,13-14,17-18H,12,15-16H2,1-4H3. The predicted octanol–water partition coefficient (Wildman–Crippen LogP) is 5.41. The SMILES string of the molecule is CN(CC=CC#CC(C)(C)C)Cc1cccc(OCc2csc(-c3cnco3)n2)c1. The number of ether oxygens (including phenoxy) is 1. The Bertz CT molecular complexity index is 1020. The molecule has 3 rings (SSSR count). The van der Waals surface area contributed by atoms with Gasteiger partial charge in [0.25, 0.3) is 0 Å². The van der Waals surface area contributed by atoms with Crippen molar-refractivity contribution in [2.24, 2.45) is 5.41 Å². The van der Waals surface area contributed by atoms with Crippen LogP contribution < -0.4 is 4.74 Å². The van der Waals surface area contributed by atoms with Crippen molar-refractivity contribution in [1.82, 2.24) is 14.9 Å². The summed E-state index contributed by atoms with van der Waals surface area (Å²) in [6.45, 7) is 8.42. The number of likely N-dealkylation sites (N-methyl/N-ethyl adjacent to an activating group) is 1. The van der Waals surface area contributed by atoms with E-state index < -0.39 is 0 Å². The van der Waals surface area contributed by atoms with Crippen LogP contribution in [0.1, 0.15) is 32.0 Å². The van der Waals surface area contributed by atoms with Gasteiger partial charge in [-0.05, 0) is 51.6 Å². The summed E-state index contributed by atoms with van der Waals surface area (Å²) in [6, 6.07) is 8.17. The van der Waals surface area contributed by atoms with Crippen LogP contribution in [0.15, 0.2) is 58.8 Å². The molecule has 0 bridgehead atoms. The van der Waals surface area contributed by atoms with Crippen LogP contribution in [-0.4, -0.2) is 28.5 Å². The maximum Gasteiger partial charge on any atom is 0.182 e. The molecule has 2 aromatic heterocycles. The average molecular weight is 422 g/mol. The zero-order valence-electron chi connectivity index (χ0n) is 17.9. The number of benzene rings is 1. The van der Waals surface area contributed by atoms with E-state index >= 15 is 0 Å². The molecule has 0 N–H and O–H groups in total. The van der Waals surface area contributed by atoms with E-state index in [0.717, 1.165) is 29.5 Å². The highest BCUT2D eigenvalue weighted by atomic mass is 32.1. The van der Waals surface area contributed by atoms with Crippen LogP contribution in [0.4, 0.5) is 0 Å². The molecular formula is C24H27N3O2S. The van der Waals surface area contributed by atoms with E-state index in [4.69, 9.17) is 9.15 Å². The zero-order chi connectivity index (χ0) is 21.4. The topological polar surface area (TPSA) is 51.4 Å². The molecule has 0 saturated heterocycles. The van der Waals surface area contributed by atoms with E-state index in [-0.39, 0.29) is 5.41 Å². The first-order chi connectivity index (χ1) is 14.4.